The lowest BCUT2D eigenvalue weighted by molar-refractivity contribution is -0.131. The SMILES string of the molecule is C=CC(=O)O.C=CN1CCCCCC1=O. The van der Waals surface area contributed by atoms with E-state index in [9.17, 15) is 9.59 Å². The Kier molecular flexibility index (Phi) is 6.97. The average Bonchev–Trinajstić information content (AvgIpc) is 2.43. The molecule has 4 nitrogen and oxygen atoms in total. The van der Waals surface area contributed by atoms with Crippen molar-refractivity contribution in [3.8, 4) is 0 Å². The lowest BCUT2D eigenvalue weighted by Crippen LogP contribution is -2.23. The van der Waals surface area contributed by atoms with E-state index in [0.29, 0.717) is 6.42 Å². The van der Waals surface area contributed by atoms with E-state index < -0.39 is 5.97 Å². The molecule has 0 aromatic carbocycles. The predicted octanol–water partition coefficient (Wildman–Crippen LogP) is 1.79. The standard InChI is InChI=1S/C8H13NO.C3H4O2/c1-2-9-7-5-3-4-6-8(9)10;1-2-3(4)5/h2H,1,3-7H2;2H,1H2,(H,4,5). The van der Waals surface area contributed by atoms with Gasteiger partial charge in [0.2, 0.25) is 5.91 Å². The van der Waals surface area contributed by atoms with Crippen molar-refractivity contribution >= 4 is 11.9 Å². The van der Waals surface area contributed by atoms with E-state index >= 15 is 0 Å². The van der Waals surface area contributed by atoms with Crippen LogP contribution in [0.2, 0.25) is 0 Å². The molecule has 0 unspecified atom stereocenters. The van der Waals surface area contributed by atoms with E-state index in [2.05, 4.69) is 13.2 Å². The first-order chi connectivity index (χ1) is 7.11. The number of amides is 1. The normalized spacial score (nSPS) is 15.7. The lowest BCUT2D eigenvalue weighted by atomic mass is 10.2. The van der Waals surface area contributed by atoms with Crippen molar-refractivity contribution in [3.63, 3.8) is 0 Å². The van der Waals surface area contributed by atoms with E-state index in [1.165, 1.54) is 6.42 Å². The van der Waals surface area contributed by atoms with Gasteiger partial charge >= 0.3 is 5.97 Å². The average molecular weight is 211 g/mol. The summed E-state index contributed by atoms with van der Waals surface area (Å²) in [7, 11) is 0. The number of likely N-dealkylation sites (tertiary alicyclic amines) is 1. The molecule has 1 N–H and O–H groups in total. The summed E-state index contributed by atoms with van der Waals surface area (Å²) < 4.78 is 0. The number of aliphatic carboxylic acids is 1. The molecule has 1 heterocycles. The molecular formula is C11H17NO3. The third-order valence-corrected chi connectivity index (χ3v) is 2.01. The van der Waals surface area contributed by atoms with Gasteiger partial charge in [0.15, 0.2) is 0 Å². The molecule has 0 bridgehead atoms. The summed E-state index contributed by atoms with van der Waals surface area (Å²) >= 11 is 0. The minimum absolute atomic E-state index is 0.229. The van der Waals surface area contributed by atoms with Gasteiger partial charge in [0.1, 0.15) is 0 Å². The highest BCUT2D eigenvalue weighted by Crippen LogP contribution is 2.10. The van der Waals surface area contributed by atoms with Crippen LogP contribution in [0.5, 0.6) is 0 Å². The molecule has 1 amide bonds. The van der Waals surface area contributed by atoms with Gasteiger partial charge in [-0.2, -0.15) is 0 Å². The van der Waals surface area contributed by atoms with Crippen molar-refractivity contribution in [2.45, 2.75) is 25.7 Å². The lowest BCUT2D eigenvalue weighted by Gasteiger charge is -2.13. The maximum atomic E-state index is 11.1. The number of rotatable bonds is 2. The molecule has 0 saturated carbocycles. The molecule has 1 aliphatic heterocycles. The molecule has 0 radical (unpaired) electrons. The van der Waals surface area contributed by atoms with Gasteiger partial charge in [-0.3, -0.25) is 4.79 Å². The molecule has 0 atom stereocenters. The Morgan fingerprint density at radius 2 is 1.93 bits per heavy atom. The van der Waals surface area contributed by atoms with Crippen LogP contribution in [-0.4, -0.2) is 28.4 Å². The van der Waals surface area contributed by atoms with Gasteiger partial charge in [-0.05, 0) is 19.0 Å². The largest absolute Gasteiger partial charge is 0.478 e. The third kappa shape index (κ3) is 6.49. The summed E-state index contributed by atoms with van der Waals surface area (Å²) in [5, 5.41) is 7.60. The maximum Gasteiger partial charge on any atom is 0.327 e. The molecule has 4 heteroatoms. The van der Waals surface area contributed by atoms with E-state index in [1.54, 1.807) is 11.1 Å². The number of carboxylic acids is 1. The Labute approximate surface area is 89.9 Å². The van der Waals surface area contributed by atoms with Crippen LogP contribution in [0.3, 0.4) is 0 Å². The number of hydrogen-bond donors (Lipinski definition) is 1. The van der Waals surface area contributed by atoms with Crippen LogP contribution in [0.25, 0.3) is 0 Å². The molecule has 0 aromatic heterocycles. The molecule has 1 saturated heterocycles. The third-order valence-electron chi connectivity index (χ3n) is 2.01. The molecule has 1 fully saturated rings. The molecule has 1 rings (SSSR count). The minimum Gasteiger partial charge on any atom is -0.478 e. The molecule has 15 heavy (non-hydrogen) atoms. The summed E-state index contributed by atoms with van der Waals surface area (Å²) in [5.41, 5.74) is 0. The zero-order valence-electron chi connectivity index (χ0n) is 8.82. The first-order valence-electron chi connectivity index (χ1n) is 4.89. The van der Waals surface area contributed by atoms with Crippen LogP contribution < -0.4 is 0 Å². The van der Waals surface area contributed by atoms with Gasteiger partial charge < -0.3 is 10.0 Å². The number of nitrogens with zero attached hydrogens (tertiary/aromatic N) is 1. The monoisotopic (exact) mass is 211 g/mol. The molecule has 0 aliphatic carbocycles. The summed E-state index contributed by atoms with van der Waals surface area (Å²) in [6.07, 6.45) is 6.51. The van der Waals surface area contributed by atoms with Crippen molar-refractivity contribution in [2.24, 2.45) is 0 Å². The van der Waals surface area contributed by atoms with Gasteiger partial charge in [0, 0.05) is 19.0 Å². The fourth-order valence-corrected chi connectivity index (χ4v) is 1.20. The van der Waals surface area contributed by atoms with Crippen molar-refractivity contribution < 1.29 is 14.7 Å². The number of hydrogen-bond acceptors (Lipinski definition) is 2. The smallest absolute Gasteiger partial charge is 0.327 e. The van der Waals surface area contributed by atoms with Crippen LogP contribution in [-0.2, 0) is 9.59 Å². The van der Waals surface area contributed by atoms with Crippen molar-refractivity contribution in [1.29, 1.82) is 0 Å². The Bertz CT molecular complexity index is 248. The summed E-state index contributed by atoms with van der Waals surface area (Å²) in [6, 6.07) is 0. The summed E-state index contributed by atoms with van der Waals surface area (Å²) in [6.45, 7) is 7.41. The van der Waals surface area contributed by atoms with E-state index in [4.69, 9.17) is 5.11 Å². The summed E-state index contributed by atoms with van der Waals surface area (Å²) in [4.78, 5) is 22.1. The predicted molar refractivity (Wildman–Crippen MR) is 58.2 cm³/mol. The number of carboxylic acid groups (broad SMARTS) is 1. The second kappa shape index (κ2) is 7.79. The molecule has 1 aliphatic rings. The molecule has 0 spiro atoms. The quantitative estimate of drug-likeness (QED) is 0.708. The highest BCUT2D eigenvalue weighted by Gasteiger charge is 2.12. The van der Waals surface area contributed by atoms with Crippen molar-refractivity contribution in [1.82, 2.24) is 4.90 Å². The number of carbonyl (C=O) groups is 2. The van der Waals surface area contributed by atoms with Gasteiger partial charge in [-0.1, -0.05) is 19.6 Å². The van der Waals surface area contributed by atoms with E-state index in [1.807, 2.05) is 0 Å². The Hall–Kier alpha value is -1.58. The zero-order valence-corrected chi connectivity index (χ0v) is 8.82. The van der Waals surface area contributed by atoms with E-state index in [0.717, 1.165) is 25.5 Å². The highest BCUT2D eigenvalue weighted by molar-refractivity contribution is 5.78. The first kappa shape index (κ1) is 13.4. The van der Waals surface area contributed by atoms with Crippen LogP contribution in [0.1, 0.15) is 25.7 Å². The van der Waals surface area contributed by atoms with Gasteiger partial charge in [-0.25, -0.2) is 4.79 Å². The highest BCUT2D eigenvalue weighted by atomic mass is 16.4. The van der Waals surface area contributed by atoms with Crippen LogP contribution in [0, 0.1) is 0 Å². The van der Waals surface area contributed by atoms with Gasteiger partial charge in [0.25, 0.3) is 0 Å². The first-order valence-corrected chi connectivity index (χ1v) is 4.89. The molecule has 84 valence electrons. The number of carbonyl (C=O) groups excluding carboxylic acids is 1. The summed E-state index contributed by atoms with van der Waals surface area (Å²) in [5.74, 6) is -0.752. The van der Waals surface area contributed by atoms with Crippen LogP contribution in [0.4, 0.5) is 0 Å². The molecule has 0 aromatic rings. The fraction of sp³-hybridized carbons (Fsp3) is 0.455. The Morgan fingerprint density at radius 1 is 1.33 bits per heavy atom. The van der Waals surface area contributed by atoms with Crippen molar-refractivity contribution in [3.05, 3.63) is 25.4 Å². The minimum atomic E-state index is -0.981. The van der Waals surface area contributed by atoms with Gasteiger partial charge in [0.05, 0.1) is 0 Å². The van der Waals surface area contributed by atoms with Crippen LogP contribution in [0.15, 0.2) is 25.4 Å². The van der Waals surface area contributed by atoms with Gasteiger partial charge in [-0.15, -0.1) is 0 Å². The Morgan fingerprint density at radius 3 is 2.40 bits per heavy atom. The second-order valence-electron chi connectivity index (χ2n) is 3.12. The van der Waals surface area contributed by atoms with E-state index in [-0.39, 0.29) is 5.91 Å². The maximum absolute atomic E-state index is 11.1. The fourth-order valence-electron chi connectivity index (χ4n) is 1.20. The van der Waals surface area contributed by atoms with Crippen molar-refractivity contribution in [2.75, 3.05) is 6.54 Å². The Balaban J connectivity index is 0.000000336. The topological polar surface area (TPSA) is 57.6 Å². The second-order valence-corrected chi connectivity index (χ2v) is 3.12. The zero-order chi connectivity index (χ0) is 11.7. The molecular weight excluding hydrogens is 194 g/mol. The van der Waals surface area contributed by atoms with Crippen LogP contribution >= 0.6 is 0 Å².